The quantitative estimate of drug-likeness (QED) is 0.674. The normalized spacial score (nSPS) is 10.7. The highest BCUT2D eigenvalue weighted by Gasteiger charge is 2.30. The van der Waals surface area contributed by atoms with Crippen LogP contribution in [0.2, 0.25) is 0 Å². The van der Waals surface area contributed by atoms with Crippen molar-refractivity contribution >= 4 is 18.3 Å². The molecule has 0 bridgehead atoms. The molecule has 1 aromatic heterocycles. The van der Waals surface area contributed by atoms with Crippen LogP contribution in [0.25, 0.3) is 22.4 Å². The Morgan fingerprint density at radius 3 is 2.15 bits per heavy atom. The molecule has 27 heavy (non-hydrogen) atoms. The largest absolute Gasteiger partial charge is 0.416 e. The van der Waals surface area contributed by atoms with Crippen molar-refractivity contribution in [3.05, 3.63) is 71.4 Å². The van der Waals surface area contributed by atoms with Gasteiger partial charge in [-0.1, -0.05) is 24.3 Å². The molecule has 4 nitrogen and oxygen atoms in total. The first kappa shape index (κ1) is 20.1. The predicted molar refractivity (Wildman–Crippen MR) is 97.1 cm³/mol. The van der Waals surface area contributed by atoms with Crippen molar-refractivity contribution in [3.63, 3.8) is 0 Å². The fraction of sp³-hybridized carbons (Fsp3) is 0.0526. The Morgan fingerprint density at radius 2 is 1.63 bits per heavy atom. The van der Waals surface area contributed by atoms with Crippen molar-refractivity contribution < 1.29 is 18.0 Å². The molecule has 1 amide bonds. The molecule has 0 atom stereocenters. The fourth-order valence-electron chi connectivity index (χ4n) is 2.60. The van der Waals surface area contributed by atoms with Gasteiger partial charge in [0.1, 0.15) is 5.69 Å². The number of rotatable bonds is 3. The Morgan fingerprint density at radius 1 is 1.00 bits per heavy atom. The first-order valence-corrected chi connectivity index (χ1v) is 7.50. The number of nitrogens with two attached hydrogens (primary N) is 1. The Labute approximate surface area is 158 Å². The lowest BCUT2D eigenvalue weighted by molar-refractivity contribution is -0.137. The monoisotopic (exact) mass is 391 g/mol. The van der Waals surface area contributed by atoms with Crippen molar-refractivity contribution in [3.8, 4) is 28.5 Å². The minimum Gasteiger partial charge on any atom is -0.364 e. The molecule has 0 aliphatic carbocycles. The van der Waals surface area contributed by atoms with E-state index >= 15 is 0 Å². The van der Waals surface area contributed by atoms with Crippen LogP contribution < -0.4 is 5.73 Å². The zero-order valence-corrected chi connectivity index (χ0v) is 14.5. The van der Waals surface area contributed by atoms with E-state index in [1.54, 1.807) is 24.3 Å². The summed E-state index contributed by atoms with van der Waals surface area (Å²) in [6.45, 7) is 0. The third-order valence-electron chi connectivity index (χ3n) is 3.93. The molecule has 0 spiro atoms. The van der Waals surface area contributed by atoms with Gasteiger partial charge in [0.2, 0.25) is 0 Å². The molecule has 0 aliphatic rings. The Bertz CT molecular complexity index is 1020. The van der Waals surface area contributed by atoms with Crippen molar-refractivity contribution in [1.29, 1.82) is 5.26 Å². The van der Waals surface area contributed by atoms with Crippen LogP contribution in [0.3, 0.4) is 0 Å². The van der Waals surface area contributed by atoms with Crippen LogP contribution in [-0.4, -0.2) is 10.9 Å². The third kappa shape index (κ3) is 4.13. The van der Waals surface area contributed by atoms with Gasteiger partial charge in [-0.25, -0.2) is 0 Å². The summed E-state index contributed by atoms with van der Waals surface area (Å²) in [5.41, 5.74) is 7.29. The number of hydrogen-bond donors (Lipinski definition) is 2. The van der Waals surface area contributed by atoms with Crippen molar-refractivity contribution in [2.45, 2.75) is 6.18 Å². The van der Waals surface area contributed by atoms with Gasteiger partial charge in [0.15, 0.2) is 0 Å². The average Bonchev–Trinajstić information content (AvgIpc) is 3.11. The molecule has 3 N–H and O–H groups in total. The molecular formula is C19H13ClF3N3O. The van der Waals surface area contributed by atoms with Gasteiger partial charge in [0.25, 0.3) is 5.91 Å². The zero-order valence-electron chi connectivity index (χ0n) is 13.7. The second-order valence-corrected chi connectivity index (χ2v) is 5.60. The Balaban J connectivity index is 0.00000261. The fourth-order valence-corrected chi connectivity index (χ4v) is 2.60. The summed E-state index contributed by atoms with van der Waals surface area (Å²) in [6.07, 6.45) is -4.41. The molecule has 1 heterocycles. The van der Waals surface area contributed by atoms with E-state index in [4.69, 9.17) is 5.73 Å². The summed E-state index contributed by atoms with van der Waals surface area (Å²) < 4.78 is 38.0. The summed E-state index contributed by atoms with van der Waals surface area (Å²) in [7, 11) is 0. The molecule has 3 rings (SSSR count). The van der Waals surface area contributed by atoms with Gasteiger partial charge < -0.3 is 10.7 Å². The van der Waals surface area contributed by atoms with Gasteiger partial charge in [-0.15, -0.1) is 12.4 Å². The molecule has 0 aliphatic heterocycles. The molecule has 0 saturated carbocycles. The molecule has 3 aromatic rings. The summed E-state index contributed by atoms with van der Waals surface area (Å²) in [5, 5.41) is 9.41. The van der Waals surface area contributed by atoms with Gasteiger partial charge in [-0.2, -0.15) is 18.4 Å². The van der Waals surface area contributed by atoms with Gasteiger partial charge in [0.05, 0.1) is 17.2 Å². The lowest BCUT2D eigenvalue weighted by atomic mass is 9.96. The average molecular weight is 392 g/mol. The summed E-state index contributed by atoms with van der Waals surface area (Å²) in [4.78, 5) is 14.0. The molecule has 0 unspecified atom stereocenters. The Kier molecular flexibility index (Phi) is 5.62. The second kappa shape index (κ2) is 7.56. The molecule has 8 heteroatoms. The number of alkyl halides is 3. The van der Waals surface area contributed by atoms with E-state index in [9.17, 15) is 23.2 Å². The standard InChI is InChI=1S/C19H12F3N3O.ClH/c20-19(21,22)14-4-1-11(2-5-14)15-6-3-12(9-13(15)10-23)16-7-8-17(25-16)18(24)26;/h1-9,25H,(H2,24,26);1H. The van der Waals surface area contributed by atoms with Crippen LogP contribution in [0.15, 0.2) is 54.6 Å². The number of H-pyrrole nitrogens is 1. The van der Waals surface area contributed by atoms with Crippen LogP contribution >= 0.6 is 12.4 Å². The van der Waals surface area contributed by atoms with Gasteiger partial charge >= 0.3 is 6.18 Å². The SMILES string of the molecule is Cl.N#Cc1cc(-c2ccc(C(N)=O)[nH]2)ccc1-c1ccc(C(F)(F)F)cc1. The van der Waals surface area contributed by atoms with Gasteiger partial charge in [-0.05, 0) is 47.0 Å². The first-order valence-electron chi connectivity index (χ1n) is 7.50. The maximum Gasteiger partial charge on any atom is 0.416 e. The highest BCUT2D eigenvalue weighted by Crippen LogP contribution is 2.33. The second-order valence-electron chi connectivity index (χ2n) is 5.60. The van der Waals surface area contributed by atoms with E-state index in [1.807, 2.05) is 0 Å². The third-order valence-corrected chi connectivity index (χ3v) is 3.93. The topological polar surface area (TPSA) is 82.7 Å². The van der Waals surface area contributed by atoms with Crippen LogP contribution in [0, 0.1) is 11.3 Å². The minimum absolute atomic E-state index is 0. The number of aromatic nitrogens is 1. The molecule has 0 saturated heterocycles. The van der Waals surface area contributed by atoms with Gasteiger partial charge in [-0.3, -0.25) is 4.79 Å². The summed E-state index contributed by atoms with van der Waals surface area (Å²) in [5.74, 6) is -0.599. The smallest absolute Gasteiger partial charge is 0.364 e. The number of amides is 1. The molecular weight excluding hydrogens is 379 g/mol. The van der Waals surface area contributed by atoms with E-state index in [-0.39, 0.29) is 18.1 Å². The van der Waals surface area contributed by atoms with E-state index in [0.717, 1.165) is 12.1 Å². The number of nitriles is 1. The highest BCUT2D eigenvalue weighted by molar-refractivity contribution is 5.92. The highest BCUT2D eigenvalue weighted by atomic mass is 35.5. The Hall–Kier alpha value is -3.24. The van der Waals surface area contributed by atoms with E-state index in [2.05, 4.69) is 11.1 Å². The maximum absolute atomic E-state index is 12.7. The van der Waals surface area contributed by atoms with Crippen LogP contribution in [-0.2, 0) is 6.18 Å². The molecule has 138 valence electrons. The van der Waals surface area contributed by atoms with E-state index in [1.165, 1.54) is 18.2 Å². The van der Waals surface area contributed by atoms with Crippen LogP contribution in [0.5, 0.6) is 0 Å². The summed E-state index contributed by atoms with van der Waals surface area (Å²) >= 11 is 0. The van der Waals surface area contributed by atoms with Crippen molar-refractivity contribution in [2.75, 3.05) is 0 Å². The number of aromatic amines is 1. The van der Waals surface area contributed by atoms with Crippen molar-refractivity contribution in [2.24, 2.45) is 5.73 Å². The van der Waals surface area contributed by atoms with Crippen LogP contribution in [0.4, 0.5) is 13.2 Å². The number of nitrogens with one attached hydrogen (secondary N) is 1. The maximum atomic E-state index is 12.7. The van der Waals surface area contributed by atoms with Gasteiger partial charge in [0, 0.05) is 5.69 Å². The lowest BCUT2D eigenvalue weighted by Gasteiger charge is -2.10. The number of carbonyl (C=O) groups is 1. The summed E-state index contributed by atoms with van der Waals surface area (Å²) in [6, 6.07) is 14.8. The number of halogens is 4. The number of primary amides is 1. The van der Waals surface area contributed by atoms with Crippen LogP contribution in [0.1, 0.15) is 21.6 Å². The number of hydrogen-bond acceptors (Lipinski definition) is 2. The minimum atomic E-state index is -4.41. The zero-order chi connectivity index (χ0) is 18.9. The lowest BCUT2D eigenvalue weighted by Crippen LogP contribution is -2.10. The van der Waals surface area contributed by atoms with Crippen molar-refractivity contribution in [1.82, 2.24) is 4.98 Å². The van der Waals surface area contributed by atoms with E-state index in [0.29, 0.717) is 27.9 Å². The number of nitrogens with zero attached hydrogens (tertiary/aromatic N) is 1. The molecule has 2 aromatic carbocycles. The number of carbonyl (C=O) groups excluding carboxylic acids is 1. The molecule has 0 fully saturated rings. The van der Waals surface area contributed by atoms with E-state index < -0.39 is 17.6 Å². The molecule has 0 radical (unpaired) electrons. The predicted octanol–water partition coefficient (Wildman–Crippen LogP) is 4.76. The first-order chi connectivity index (χ1) is 12.3. The number of benzene rings is 2.